The van der Waals surface area contributed by atoms with Crippen LogP contribution in [0.4, 0.5) is 32.2 Å². The number of aryl methyl sites for hydroxylation is 1. The van der Waals surface area contributed by atoms with E-state index in [1.54, 1.807) is 0 Å². The minimum absolute atomic E-state index is 0.0285. The Kier molecular flexibility index (Phi) is 6.16. The second-order valence-corrected chi connectivity index (χ2v) is 8.46. The van der Waals surface area contributed by atoms with E-state index in [0.717, 1.165) is 23.0 Å². The number of fused-ring (bicyclic) bond motifs is 1. The van der Waals surface area contributed by atoms with Gasteiger partial charge in [-0.3, -0.25) is 14.2 Å². The summed E-state index contributed by atoms with van der Waals surface area (Å²) in [6, 6.07) is 3.33. The van der Waals surface area contributed by atoms with Crippen molar-refractivity contribution in [2.24, 2.45) is 7.05 Å². The van der Waals surface area contributed by atoms with Crippen LogP contribution in [0.3, 0.4) is 0 Å². The number of benzene rings is 1. The quantitative estimate of drug-likeness (QED) is 0.523. The zero-order valence-electron chi connectivity index (χ0n) is 18.6. The molecule has 0 amide bonds. The summed E-state index contributed by atoms with van der Waals surface area (Å²) >= 11 is 0. The van der Waals surface area contributed by atoms with Crippen molar-refractivity contribution in [3.05, 3.63) is 68.1 Å². The van der Waals surface area contributed by atoms with E-state index in [0.29, 0.717) is 4.57 Å². The number of alkyl halides is 5. The second kappa shape index (κ2) is 8.70. The van der Waals surface area contributed by atoms with E-state index >= 15 is 0 Å². The Labute approximate surface area is 194 Å². The summed E-state index contributed by atoms with van der Waals surface area (Å²) in [5.41, 5.74) is -5.20. The van der Waals surface area contributed by atoms with Crippen molar-refractivity contribution in [3.8, 4) is 0 Å². The Morgan fingerprint density at radius 3 is 2.46 bits per heavy atom. The summed E-state index contributed by atoms with van der Waals surface area (Å²) in [6.45, 7) is 0.937. The summed E-state index contributed by atoms with van der Waals surface area (Å²) in [6.07, 6.45) is -7.30. The summed E-state index contributed by atoms with van der Waals surface area (Å²) in [5, 5.41) is 9.18. The third-order valence-electron chi connectivity index (χ3n) is 6.32. The average molecular weight is 501 g/mol. The highest BCUT2D eigenvalue weighted by Gasteiger charge is 2.58. The Balaban J connectivity index is 1.89. The van der Waals surface area contributed by atoms with Crippen LogP contribution in [-0.4, -0.2) is 33.6 Å². The monoisotopic (exact) mass is 501 g/mol. The number of pyridine rings is 1. The van der Waals surface area contributed by atoms with Crippen molar-refractivity contribution in [2.75, 3.05) is 18.4 Å². The van der Waals surface area contributed by atoms with Gasteiger partial charge in [-0.2, -0.15) is 18.3 Å². The van der Waals surface area contributed by atoms with Gasteiger partial charge >= 0.3 is 6.18 Å². The predicted molar refractivity (Wildman–Crippen MR) is 116 cm³/mol. The zero-order chi connectivity index (χ0) is 25.7. The molecule has 0 saturated carbocycles. The maximum atomic E-state index is 14.7. The fourth-order valence-corrected chi connectivity index (χ4v) is 4.38. The van der Waals surface area contributed by atoms with E-state index < -0.39 is 59.6 Å². The van der Waals surface area contributed by atoms with E-state index in [1.165, 1.54) is 26.1 Å². The van der Waals surface area contributed by atoms with Gasteiger partial charge in [0.1, 0.15) is 5.82 Å². The van der Waals surface area contributed by atoms with Gasteiger partial charge in [0, 0.05) is 36.8 Å². The van der Waals surface area contributed by atoms with Crippen molar-refractivity contribution in [2.45, 2.75) is 37.5 Å². The molecule has 1 aliphatic heterocycles. The molecule has 1 saturated heterocycles. The van der Waals surface area contributed by atoms with Gasteiger partial charge < -0.3 is 10.6 Å². The molecule has 13 heteroatoms. The van der Waals surface area contributed by atoms with Crippen molar-refractivity contribution in [3.63, 3.8) is 0 Å². The second-order valence-electron chi connectivity index (χ2n) is 8.46. The number of anilines is 1. The molecule has 2 atom stereocenters. The SMILES string of the molecule is CC(Nc1nn(C)c(=O)c2cc(=O)n(C3(C(F)(F)F)CCNC3)cc12)c1cccc(C(F)F)c1F. The van der Waals surface area contributed by atoms with Gasteiger partial charge in [-0.25, -0.2) is 17.9 Å². The van der Waals surface area contributed by atoms with Gasteiger partial charge in [-0.1, -0.05) is 18.2 Å². The molecule has 2 unspecified atom stereocenters. The van der Waals surface area contributed by atoms with Gasteiger partial charge in [0.05, 0.1) is 17.0 Å². The van der Waals surface area contributed by atoms with Crippen LogP contribution in [0.1, 0.15) is 36.9 Å². The van der Waals surface area contributed by atoms with Gasteiger partial charge in [-0.05, 0) is 19.9 Å². The summed E-state index contributed by atoms with van der Waals surface area (Å²) < 4.78 is 84.7. The van der Waals surface area contributed by atoms with Crippen molar-refractivity contribution in [1.29, 1.82) is 0 Å². The number of hydrogen-bond acceptors (Lipinski definition) is 5. The van der Waals surface area contributed by atoms with E-state index in [2.05, 4.69) is 15.7 Å². The topological polar surface area (TPSA) is 81.0 Å². The van der Waals surface area contributed by atoms with Gasteiger partial charge in [0.2, 0.25) is 0 Å². The Bertz CT molecular complexity index is 1390. The first-order valence-electron chi connectivity index (χ1n) is 10.6. The van der Waals surface area contributed by atoms with E-state index in [9.17, 15) is 35.9 Å². The lowest BCUT2D eigenvalue weighted by atomic mass is 9.96. The van der Waals surface area contributed by atoms with Crippen LogP contribution in [0, 0.1) is 5.82 Å². The maximum absolute atomic E-state index is 14.7. The molecule has 1 aromatic carbocycles. The molecule has 1 aliphatic rings. The maximum Gasteiger partial charge on any atom is 0.413 e. The summed E-state index contributed by atoms with van der Waals surface area (Å²) in [5.74, 6) is -1.25. The van der Waals surface area contributed by atoms with E-state index in [1.807, 2.05) is 0 Å². The molecule has 0 bridgehead atoms. The molecule has 35 heavy (non-hydrogen) atoms. The fourth-order valence-electron chi connectivity index (χ4n) is 4.38. The standard InChI is InChI=1S/C22H21F6N5O2/c1-11(12-4-3-5-13(17(12)23)18(24)25)30-19-15-9-33(21(22(26,27)28)6-7-29-10-21)16(34)8-14(15)20(35)32(2)31-19/h3-5,8-9,11,18,29H,6-7,10H2,1-2H3,(H,30,31). The molecule has 0 spiro atoms. The first kappa shape index (κ1) is 24.8. The Hall–Kier alpha value is -3.35. The summed E-state index contributed by atoms with van der Waals surface area (Å²) in [4.78, 5) is 25.4. The van der Waals surface area contributed by atoms with Crippen LogP contribution >= 0.6 is 0 Å². The Morgan fingerprint density at radius 1 is 1.17 bits per heavy atom. The number of halogens is 6. The Morgan fingerprint density at radius 2 is 1.86 bits per heavy atom. The van der Waals surface area contributed by atoms with Gasteiger partial charge in [-0.15, -0.1) is 0 Å². The minimum atomic E-state index is -4.78. The van der Waals surface area contributed by atoms with E-state index in [4.69, 9.17) is 0 Å². The van der Waals surface area contributed by atoms with Crippen LogP contribution in [0.5, 0.6) is 0 Å². The molecular weight excluding hydrogens is 480 g/mol. The molecule has 2 aromatic heterocycles. The molecule has 0 aliphatic carbocycles. The number of nitrogens with one attached hydrogen (secondary N) is 2. The highest BCUT2D eigenvalue weighted by Crippen LogP contribution is 2.41. The zero-order valence-corrected chi connectivity index (χ0v) is 18.6. The normalized spacial score (nSPS) is 19.5. The van der Waals surface area contributed by atoms with Crippen molar-refractivity contribution < 1.29 is 26.3 Å². The smallest absolute Gasteiger partial charge is 0.361 e. The molecule has 1 fully saturated rings. The molecule has 7 nitrogen and oxygen atoms in total. The van der Waals surface area contributed by atoms with E-state index in [-0.39, 0.29) is 28.7 Å². The van der Waals surface area contributed by atoms with Crippen LogP contribution in [0.15, 0.2) is 40.1 Å². The van der Waals surface area contributed by atoms with Crippen LogP contribution in [0.25, 0.3) is 10.8 Å². The minimum Gasteiger partial charge on any atom is -0.361 e. The highest BCUT2D eigenvalue weighted by atomic mass is 19.4. The number of nitrogens with zero attached hydrogens (tertiary/aromatic N) is 3. The van der Waals surface area contributed by atoms with Crippen LogP contribution in [0.2, 0.25) is 0 Å². The third-order valence-corrected chi connectivity index (χ3v) is 6.32. The molecule has 3 aromatic rings. The molecule has 0 radical (unpaired) electrons. The predicted octanol–water partition coefficient (Wildman–Crippen LogP) is 3.60. The van der Waals surface area contributed by atoms with Gasteiger partial charge in [0.25, 0.3) is 17.5 Å². The molecule has 4 rings (SSSR count). The van der Waals surface area contributed by atoms with Crippen LogP contribution in [-0.2, 0) is 12.6 Å². The lowest BCUT2D eigenvalue weighted by Crippen LogP contribution is -2.53. The molecule has 2 N–H and O–H groups in total. The highest BCUT2D eigenvalue weighted by molar-refractivity contribution is 5.90. The van der Waals surface area contributed by atoms with Crippen molar-refractivity contribution in [1.82, 2.24) is 19.7 Å². The largest absolute Gasteiger partial charge is 0.413 e. The van der Waals surface area contributed by atoms with Gasteiger partial charge in [0.15, 0.2) is 11.4 Å². The number of rotatable bonds is 5. The van der Waals surface area contributed by atoms with Crippen molar-refractivity contribution >= 4 is 16.6 Å². The van der Waals surface area contributed by atoms with Crippen LogP contribution < -0.4 is 21.8 Å². The number of aromatic nitrogens is 3. The fraction of sp³-hybridized carbons (Fsp3) is 0.409. The molecule has 3 heterocycles. The first-order chi connectivity index (χ1) is 16.4. The first-order valence-corrected chi connectivity index (χ1v) is 10.6. The third kappa shape index (κ3) is 4.07. The average Bonchev–Trinajstić information content (AvgIpc) is 3.28. The lowest BCUT2D eigenvalue weighted by molar-refractivity contribution is -0.209. The molecule has 188 valence electrons. The molecular formula is C22H21F6N5O2. The summed E-state index contributed by atoms with van der Waals surface area (Å²) in [7, 11) is 1.28. The lowest BCUT2D eigenvalue weighted by Gasteiger charge is -2.33. The number of hydrogen-bond donors (Lipinski definition) is 2.